The molecule has 0 aliphatic carbocycles. The van der Waals surface area contributed by atoms with Gasteiger partial charge in [-0.2, -0.15) is 0 Å². The van der Waals surface area contributed by atoms with E-state index >= 15 is 0 Å². The molecule has 2 aliphatic rings. The SMILES string of the molecule is CCN1CC[C@@]2(CNC[C@@H]2C)C1=O.Cl. The van der Waals surface area contributed by atoms with E-state index in [2.05, 4.69) is 19.2 Å². The number of likely N-dealkylation sites (tertiary alicyclic amines) is 1. The van der Waals surface area contributed by atoms with Gasteiger partial charge in [-0.05, 0) is 25.8 Å². The van der Waals surface area contributed by atoms with Crippen molar-refractivity contribution in [2.45, 2.75) is 20.3 Å². The standard InChI is InChI=1S/C10H18N2O.ClH/c1-3-12-5-4-10(9(12)13)7-11-6-8(10)2;/h8,11H,3-7H2,1-2H3;1H/t8-,10-;/m0./s1. The molecule has 0 radical (unpaired) electrons. The predicted octanol–water partition coefficient (Wildman–Crippen LogP) is 0.886. The minimum atomic E-state index is -0.0456. The zero-order valence-electron chi connectivity index (χ0n) is 8.88. The summed E-state index contributed by atoms with van der Waals surface area (Å²) in [7, 11) is 0. The van der Waals surface area contributed by atoms with Crippen molar-refractivity contribution >= 4 is 18.3 Å². The van der Waals surface area contributed by atoms with Crippen LogP contribution in [-0.2, 0) is 4.79 Å². The van der Waals surface area contributed by atoms with E-state index in [1.54, 1.807) is 0 Å². The Morgan fingerprint density at radius 3 is 2.79 bits per heavy atom. The van der Waals surface area contributed by atoms with Crippen LogP contribution in [0.4, 0.5) is 0 Å². The second kappa shape index (κ2) is 4.07. The summed E-state index contributed by atoms with van der Waals surface area (Å²) in [4.78, 5) is 14.0. The van der Waals surface area contributed by atoms with Crippen LogP contribution >= 0.6 is 12.4 Å². The monoisotopic (exact) mass is 218 g/mol. The predicted molar refractivity (Wildman–Crippen MR) is 58.6 cm³/mol. The highest BCUT2D eigenvalue weighted by Gasteiger charge is 2.51. The number of nitrogens with one attached hydrogen (secondary N) is 1. The van der Waals surface area contributed by atoms with Crippen LogP contribution < -0.4 is 5.32 Å². The summed E-state index contributed by atoms with van der Waals surface area (Å²) in [6.07, 6.45) is 1.05. The molecule has 2 saturated heterocycles. The summed E-state index contributed by atoms with van der Waals surface area (Å²) in [5, 5.41) is 3.33. The number of hydrogen-bond donors (Lipinski definition) is 1. The van der Waals surface area contributed by atoms with Crippen LogP contribution in [0.25, 0.3) is 0 Å². The highest BCUT2D eigenvalue weighted by molar-refractivity contribution is 5.86. The van der Waals surface area contributed by atoms with Crippen molar-refractivity contribution in [3.8, 4) is 0 Å². The van der Waals surface area contributed by atoms with E-state index in [0.717, 1.165) is 32.6 Å². The van der Waals surface area contributed by atoms with Crippen LogP contribution in [0.3, 0.4) is 0 Å². The lowest BCUT2D eigenvalue weighted by Gasteiger charge is -2.25. The average Bonchev–Trinajstić information content (AvgIpc) is 2.63. The smallest absolute Gasteiger partial charge is 0.230 e. The molecule has 3 nitrogen and oxygen atoms in total. The number of carbonyl (C=O) groups is 1. The fraction of sp³-hybridized carbons (Fsp3) is 0.900. The van der Waals surface area contributed by atoms with Gasteiger partial charge in [0.1, 0.15) is 0 Å². The number of nitrogens with zero attached hydrogens (tertiary/aromatic N) is 1. The molecule has 2 rings (SSSR count). The Morgan fingerprint density at radius 2 is 2.36 bits per heavy atom. The number of carbonyl (C=O) groups excluding carboxylic acids is 1. The van der Waals surface area contributed by atoms with Crippen molar-refractivity contribution in [1.29, 1.82) is 0 Å². The molecule has 82 valence electrons. The Morgan fingerprint density at radius 1 is 1.64 bits per heavy atom. The molecular formula is C10H19ClN2O. The van der Waals surface area contributed by atoms with Gasteiger partial charge in [0.2, 0.25) is 5.91 Å². The topological polar surface area (TPSA) is 32.3 Å². The summed E-state index contributed by atoms with van der Waals surface area (Å²) in [6.45, 7) is 7.97. The summed E-state index contributed by atoms with van der Waals surface area (Å²) < 4.78 is 0. The zero-order chi connectivity index (χ0) is 9.47. The molecule has 2 heterocycles. The first kappa shape index (κ1) is 11.8. The summed E-state index contributed by atoms with van der Waals surface area (Å²) in [5.41, 5.74) is -0.0456. The molecule has 1 spiro atoms. The molecule has 0 unspecified atom stereocenters. The highest BCUT2D eigenvalue weighted by Crippen LogP contribution is 2.41. The first-order valence-electron chi connectivity index (χ1n) is 5.21. The molecule has 14 heavy (non-hydrogen) atoms. The number of rotatable bonds is 1. The first-order valence-corrected chi connectivity index (χ1v) is 5.21. The minimum Gasteiger partial charge on any atom is -0.342 e. The van der Waals surface area contributed by atoms with E-state index in [9.17, 15) is 4.79 Å². The molecule has 2 atom stereocenters. The van der Waals surface area contributed by atoms with Crippen molar-refractivity contribution in [3.63, 3.8) is 0 Å². The first-order chi connectivity index (χ1) is 6.20. The molecule has 4 heteroatoms. The van der Waals surface area contributed by atoms with Gasteiger partial charge in [0.05, 0.1) is 5.41 Å². The van der Waals surface area contributed by atoms with E-state index in [1.807, 2.05) is 4.90 Å². The molecule has 0 aromatic heterocycles. The lowest BCUT2D eigenvalue weighted by molar-refractivity contribution is -0.136. The minimum absolute atomic E-state index is 0. The molecule has 0 aromatic rings. The van der Waals surface area contributed by atoms with Gasteiger partial charge in [-0.1, -0.05) is 6.92 Å². The van der Waals surface area contributed by atoms with Gasteiger partial charge in [0, 0.05) is 19.6 Å². The van der Waals surface area contributed by atoms with E-state index in [4.69, 9.17) is 0 Å². The van der Waals surface area contributed by atoms with Gasteiger partial charge < -0.3 is 10.2 Å². The largest absolute Gasteiger partial charge is 0.342 e. The maximum Gasteiger partial charge on any atom is 0.230 e. The molecule has 1 amide bonds. The third-order valence-electron chi connectivity index (χ3n) is 3.76. The number of amides is 1. The molecule has 0 bridgehead atoms. The van der Waals surface area contributed by atoms with Crippen LogP contribution in [0.15, 0.2) is 0 Å². The average molecular weight is 219 g/mol. The number of halogens is 1. The van der Waals surface area contributed by atoms with Crippen LogP contribution in [-0.4, -0.2) is 37.0 Å². The Hall–Kier alpha value is -0.280. The van der Waals surface area contributed by atoms with Gasteiger partial charge in [0.15, 0.2) is 0 Å². The van der Waals surface area contributed by atoms with Crippen LogP contribution in [0.2, 0.25) is 0 Å². The fourth-order valence-corrected chi connectivity index (χ4v) is 2.66. The van der Waals surface area contributed by atoms with E-state index < -0.39 is 0 Å². The maximum atomic E-state index is 12.1. The molecule has 0 saturated carbocycles. The van der Waals surface area contributed by atoms with Gasteiger partial charge in [-0.15, -0.1) is 12.4 Å². The van der Waals surface area contributed by atoms with E-state index in [1.165, 1.54) is 0 Å². The van der Waals surface area contributed by atoms with Gasteiger partial charge >= 0.3 is 0 Å². The maximum absolute atomic E-state index is 12.1. The van der Waals surface area contributed by atoms with Crippen LogP contribution in [0.5, 0.6) is 0 Å². The highest BCUT2D eigenvalue weighted by atomic mass is 35.5. The fourth-order valence-electron chi connectivity index (χ4n) is 2.66. The van der Waals surface area contributed by atoms with Crippen molar-refractivity contribution < 1.29 is 4.79 Å². The summed E-state index contributed by atoms with van der Waals surface area (Å²) in [5.74, 6) is 0.893. The van der Waals surface area contributed by atoms with Gasteiger partial charge in [-0.3, -0.25) is 4.79 Å². The van der Waals surface area contributed by atoms with E-state index in [0.29, 0.717) is 11.8 Å². The molecule has 2 fully saturated rings. The van der Waals surface area contributed by atoms with Crippen molar-refractivity contribution in [3.05, 3.63) is 0 Å². The normalized spacial score (nSPS) is 36.6. The van der Waals surface area contributed by atoms with Gasteiger partial charge in [0.25, 0.3) is 0 Å². The third-order valence-corrected chi connectivity index (χ3v) is 3.76. The third kappa shape index (κ3) is 1.43. The molecule has 2 aliphatic heterocycles. The Balaban J connectivity index is 0.000000980. The van der Waals surface area contributed by atoms with Crippen molar-refractivity contribution in [2.75, 3.05) is 26.2 Å². The zero-order valence-corrected chi connectivity index (χ0v) is 9.69. The molecule has 0 aromatic carbocycles. The molecule has 1 N–H and O–H groups in total. The van der Waals surface area contributed by atoms with Crippen molar-refractivity contribution in [1.82, 2.24) is 10.2 Å². The van der Waals surface area contributed by atoms with Crippen LogP contribution in [0.1, 0.15) is 20.3 Å². The van der Waals surface area contributed by atoms with Gasteiger partial charge in [-0.25, -0.2) is 0 Å². The second-order valence-electron chi connectivity index (χ2n) is 4.32. The Labute approximate surface area is 91.6 Å². The Bertz CT molecular complexity index is 234. The van der Waals surface area contributed by atoms with E-state index in [-0.39, 0.29) is 17.8 Å². The lowest BCUT2D eigenvalue weighted by Crippen LogP contribution is -2.39. The quantitative estimate of drug-likeness (QED) is 0.709. The summed E-state index contributed by atoms with van der Waals surface area (Å²) in [6, 6.07) is 0. The molecular weight excluding hydrogens is 200 g/mol. The number of hydrogen-bond acceptors (Lipinski definition) is 2. The lowest BCUT2D eigenvalue weighted by atomic mass is 9.78. The Kier molecular flexibility index (Phi) is 3.43. The van der Waals surface area contributed by atoms with Crippen LogP contribution in [0, 0.1) is 11.3 Å². The van der Waals surface area contributed by atoms with Crippen molar-refractivity contribution in [2.24, 2.45) is 11.3 Å². The summed E-state index contributed by atoms with van der Waals surface area (Å²) >= 11 is 0. The second-order valence-corrected chi connectivity index (χ2v) is 4.32.